The molecule has 1 amide bonds. The Morgan fingerprint density at radius 2 is 2.10 bits per heavy atom. The van der Waals surface area contributed by atoms with Gasteiger partial charge in [-0.15, -0.1) is 0 Å². The van der Waals surface area contributed by atoms with Gasteiger partial charge in [0.2, 0.25) is 0 Å². The number of nitrogens with zero attached hydrogens (tertiary/aromatic N) is 1. The topological polar surface area (TPSA) is 49.8 Å². The molecule has 4 nitrogen and oxygen atoms in total. The Balaban J connectivity index is 2.87. The fraction of sp³-hybridized carbons (Fsp3) is 0.500. The summed E-state index contributed by atoms with van der Waals surface area (Å²) in [6.07, 6.45) is -0.606. The van der Waals surface area contributed by atoms with Gasteiger partial charge in [-0.25, -0.2) is 9.18 Å². The molecule has 0 fully saturated rings. The fourth-order valence-electron chi connectivity index (χ4n) is 1.56. The molecular weight excluding hydrogens is 285 g/mol. The van der Waals surface area contributed by atoms with E-state index in [1.165, 1.54) is 17.0 Å². The zero-order valence-corrected chi connectivity index (χ0v) is 12.6. The van der Waals surface area contributed by atoms with E-state index in [0.29, 0.717) is 0 Å². The summed E-state index contributed by atoms with van der Waals surface area (Å²) >= 11 is 5.70. The molecule has 6 heteroatoms. The summed E-state index contributed by atoms with van der Waals surface area (Å²) in [5.74, 6) is -0.569. The van der Waals surface area contributed by atoms with Crippen molar-refractivity contribution in [3.05, 3.63) is 34.6 Å². The highest BCUT2D eigenvalue weighted by atomic mass is 35.5. The molecule has 1 N–H and O–H groups in total. The average Bonchev–Trinajstić information content (AvgIpc) is 2.32. The van der Waals surface area contributed by atoms with E-state index in [-0.39, 0.29) is 30.3 Å². The van der Waals surface area contributed by atoms with Crippen molar-refractivity contribution in [1.82, 2.24) is 4.90 Å². The van der Waals surface area contributed by atoms with Crippen LogP contribution >= 0.6 is 11.6 Å². The number of hydrogen-bond acceptors (Lipinski definition) is 3. The van der Waals surface area contributed by atoms with Crippen molar-refractivity contribution in [2.75, 3.05) is 13.2 Å². The predicted molar refractivity (Wildman–Crippen MR) is 75.1 cm³/mol. The predicted octanol–water partition coefficient (Wildman–Crippen LogP) is 3.21. The minimum atomic E-state index is -0.655. The van der Waals surface area contributed by atoms with Gasteiger partial charge in [0.25, 0.3) is 0 Å². The molecule has 1 aromatic rings. The van der Waals surface area contributed by atoms with Crippen molar-refractivity contribution in [3.63, 3.8) is 0 Å². The van der Waals surface area contributed by atoms with Crippen LogP contribution in [0.5, 0.6) is 0 Å². The fourth-order valence-corrected chi connectivity index (χ4v) is 1.75. The van der Waals surface area contributed by atoms with Gasteiger partial charge in [-0.05, 0) is 26.8 Å². The van der Waals surface area contributed by atoms with Gasteiger partial charge in [0, 0.05) is 12.1 Å². The van der Waals surface area contributed by atoms with Crippen molar-refractivity contribution >= 4 is 17.7 Å². The highest BCUT2D eigenvalue weighted by molar-refractivity contribution is 6.30. The van der Waals surface area contributed by atoms with E-state index in [1.54, 1.807) is 26.8 Å². The van der Waals surface area contributed by atoms with E-state index in [1.807, 2.05) is 0 Å². The van der Waals surface area contributed by atoms with Gasteiger partial charge in [-0.3, -0.25) is 0 Å². The van der Waals surface area contributed by atoms with E-state index in [0.717, 1.165) is 0 Å². The number of halogens is 2. The minimum Gasteiger partial charge on any atom is -0.444 e. The first-order valence-electron chi connectivity index (χ1n) is 6.26. The molecule has 0 aliphatic rings. The molecule has 0 heterocycles. The van der Waals surface area contributed by atoms with Crippen molar-refractivity contribution in [2.24, 2.45) is 0 Å². The van der Waals surface area contributed by atoms with Gasteiger partial charge in [0.15, 0.2) is 0 Å². The number of carbonyl (C=O) groups is 1. The molecule has 0 aliphatic carbocycles. The van der Waals surface area contributed by atoms with E-state index < -0.39 is 17.5 Å². The average molecular weight is 304 g/mol. The van der Waals surface area contributed by atoms with Crippen molar-refractivity contribution < 1.29 is 19.0 Å². The molecule has 0 saturated carbocycles. The summed E-state index contributed by atoms with van der Waals surface area (Å²) in [4.78, 5) is 13.2. The second-order valence-electron chi connectivity index (χ2n) is 5.34. The lowest BCUT2D eigenvalue weighted by atomic mass is 10.2. The lowest BCUT2D eigenvalue weighted by Gasteiger charge is -2.27. The molecule has 0 atom stereocenters. The number of aliphatic hydroxyl groups excluding tert-OH is 1. The van der Waals surface area contributed by atoms with E-state index in [9.17, 15) is 9.18 Å². The molecule has 0 aromatic heterocycles. The summed E-state index contributed by atoms with van der Waals surface area (Å²) in [5.41, 5.74) is -0.380. The minimum absolute atomic E-state index is 0.00404. The van der Waals surface area contributed by atoms with Gasteiger partial charge in [-0.1, -0.05) is 23.7 Å². The molecule has 0 aliphatic heterocycles. The molecule has 0 saturated heterocycles. The van der Waals surface area contributed by atoms with Crippen LogP contribution in [0.15, 0.2) is 18.2 Å². The number of benzene rings is 1. The Bertz CT molecular complexity index is 474. The van der Waals surface area contributed by atoms with Gasteiger partial charge >= 0.3 is 6.09 Å². The Morgan fingerprint density at radius 3 is 2.65 bits per heavy atom. The third-order valence-electron chi connectivity index (χ3n) is 2.41. The second-order valence-corrected chi connectivity index (χ2v) is 5.75. The normalized spacial score (nSPS) is 11.3. The second kappa shape index (κ2) is 6.90. The van der Waals surface area contributed by atoms with Gasteiger partial charge in [0.1, 0.15) is 11.4 Å². The largest absolute Gasteiger partial charge is 0.444 e. The van der Waals surface area contributed by atoms with Gasteiger partial charge in [0.05, 0.1) is 18.2 Å². The number of hydrogen-bond donors (Lipinski definition) is 1. The highest BCUT2D eigenvalue weighted by Crippen LogP contribution is 2.20. The summed E-state index contributed by atoms with van der Waals surface area (Å²) < 4.78 is 19.0. The molecule has 0 radical (unpaired) electrons. The molecule has 0 spiro atoms. The van der Waals surface area contributed by atoms with E-state index >= 15 is 0 Å². The number of carbonyl (C=O) groups excluding carboxylic acids is 1. The lowest BCUT2D eigenvalue weighted by Crippen LogP contribution is -2.38. The van der Waals surface area contributed by atoms with Crippen LogP contribution in [-0.4, -0.2) is 34.9 Å². The number of ether oxygens (including phenoxy) is 1. The first-order valence-corrected chi connectivity index (χ1v) is 6.64. The Kier molecular flexibility index (Phi) is 5.77. The first kappa shape index (κ1) is 16.7. The van der Waals surface area contributed by atoms with E-state index in [4.69, 9.17) is 21.4 Å². The monoisotopic (exact) mass is 303 g/mol. The number of aliphatic hydroxyl groups is 1. The van der Waals surface area contributed by atoms with Crippen molar-refractivity contribution in [3.8, 4) is 0 Å². The number of rotatable bonds is 4. The maximum absolute atomic E-state index is 13.8. The maximum atomic E-state index is 13.8. The summed E-state index contributed by atoms with van der Waals surface area (Å²) in [5, 5.41) is 9.01. The van der Waals surface area contributed by atoms with Crippen LogP contribution in [0.3, 0.4) is 0 Å². The quantitative estimate of drug-likeness (QED) is 0.929. The van der Waals surface area contributed by atoms with Crippen LogP contribution < -0.4 is 0 Å². The first-order chi connectivity index (χ1) is 9.24. The molecule has 0 unspecified atom stereocenters. The molecular formula is C14H19ClFNO3. The van der Waals surface area contributed by atoms with Crippen LogP contribution in [0, 0.1) is 5.82 Å². The summed E-state index contributed by atoms with van der Waals surface area (Å²) in [6.45, 7) is 5.02. The smallest absolute Gasteiger partial charge is 0.410 e. The van der Waals surface area contributed by atoms with Gasteiger partial charge in [-0.2, -0.15) is 0 Å². The van der Waals surface area contributed by atoms with Crippen molar-refractivity contribution in [2.45, 2.75) is 32.9 Å². The zero-order chi connectivity index (χ0) is 15.3. The Labute approximate surface area is 123 Å². The van der Waals surface area contributed by atoms with Crippen LogP contribution in [0.25, 0.3) is 0 Å². The molecule has 0 bridgehead atoms. The standard InChI is InChI=1S/C14H19ClFNO3/c1-14(2,3)20-13(19)17(7-8-18)9-10-5-4-6-11(15)12(10)16/h4-6,18H,7-9H2,1-3H3. The highest BCUT2D eigenvalue weighted by Gasteiger charge is 2.23. The van der Waals surface area contributed by atoms with Gasteiger partial charge < -0.3 is 14.7 Å². The maximum Gasteiger partial charge on any atom is 0.410 e. The van der Waals surface area contributed by atoms with Crippen LogP contribution in [-0.2, 0) is 11.3 Å². The third kappa shape index (κ3) is 4.98. The molecule has 112 valence electrons. The molecule has 20 heavy (non-hydrogen) atoms. The summed E-state index contributed by atoms with van der Waals surface area (Å²) in [6, 6.07) is 4.58. The van der Waals surface area contributed by atoms with Crippen LogP contribution in [0.2, 0.25) is 5.02 Å². The van der Waals surface area contributed by atoms with Crippen LogP contribution in [0.4, 0.5) is 9.18 Å². The number of amides is 1. The Hall–Kier alpha value is -1.33. The zero-order valence-electron chi connectivity index (χ0n) is 11.8. The molecule has 1 aromatic carbocycles. The third-order valence-corrected chi connectivity index (χ3v) is 2.71. The van der Waals surface area contributed by atoms with Crippen molar-refractivity contribution in [1.29, 1.82) is 0 Å². The Morgan fingerprint density at radius 1 is 1.45 bits per heavy atom. The SMILES string of the molecule is CC(C)(C)OC(=O)N(CCO)Cc1cccc(Cl)c1F. The molecule has 1 rings (SSSR count). The lowest BCUT2D eigenvalue weighted by molar-refractivity contribution is 0.0200. The summed E-state index contributed by atoms with van der Waals surface area (Å²) in [7, 11) is 0. The van der Waals surface area contributed by atoms with Crippen LogP contribution in [0.1, 0.15) is 26.3 Å². The van der Waals surface area contributed by atoms with E-state index in [2.05, 4.69) is 0 Å².